The Labute approximate surface area is 139 Å². The highest BCUT2D eigenvalue weighted by Crippen LogP contribution is 2.19. The van der Waals surface area contributed by atoms with Crippen molar-refractivity contribution in [2.24, 2.45) is 5.92 Å². The minimum Gasteiger partial charge on any atom is -0.511 e. The smallest absolute Gasteiger partial charge is 0.316 e. The number of allylic oxidation sites excluding steroid dienone is 1. The van der Waals surface area contributed by atoms with Crippen LogP contribution in [-0.4, -0.2) is 33.2 Å². The van der Waals surface area contributed by atoms with Crippen LogP contribution in [0.3, 0.4) is 0 Å². The molecule has 5 nitrogen and oxygen atoms in total. The average molecular weight is 328 g/mol. The van der Waals surface area contributed by atoms with E-state index in [0.29, 0.717) is 19.3 Å². The first-order valence-corrected chi connectivity index (χ1v) is 8.78. The first-order chi connectivity index (χ1) is 10.9. The number of ketones is 1. The van der Waals surface area contributed by atoms with Crippen LogP contribution in [0.15, 0.2) is 11.8 Å². The lowest BCUT2D eigenvalue weighted by molar-refractivity contribution is -0.145. The molecule has 0 amide bonds. The lowest BCUT2D eigenvalue weighted by Crippen LogP contribution is -2.30. The van der Waals surface area contributed by atoms with E-state index in [1.165, 1.54) is 0 Å². The summed E-state index contributed by atoms with van der Waals surface area (Å²) in [7, 11) is 0. The van der Waals surface area contributed by atoms with Crippen LogP contribution in [0.2, 0.25) is 0 Å². The SMILES string of the molecule is CCCCCCCC(=O)C=C(O)C(C(=O)O)C(O)CCCCC. The number of aliphatic hydroxyl groups excluding tert-OH is 2. The third kappa shape index (κ3) is 10.1. The van der Waals surface area contributed by atoms with Crippen LogP contribution in [0.25, 0.3) is 0 Å². The molecule has 0 rings (SSSR count). The van der Waals surface area contributed by atoms with E-state index < -0.39 is 23.8 Å². The van der Waals surface area contributed by atoms with Crippen LogP contribution < -0.4 is 0 Å². The van der Waals surface area contributed by atoms with Gasteiger partial charge in [0, 0.05) is 12.5 Å². The van der Waals surface area contributed by atoms with Gasteiger partial charge >= 0.3 is 5.97 Å². The number of aliphatic carboxylic acids is 1. The van der Waals surface area contributed by atoms with Crippen molar-refractivity contribution in [3.8, 4) is 0 Å². The third-order valence-corrected chi connectivity index (χ3v) is 3.91. The molecule has 2 unspecified atom stereocenters. The Bertz CT molecular complexity index is 376. The molecule has 0 fully saturated rings. The monoisotopic (exact) mass is 328 g/mol. The van der Waals surface area contributed by atoms with E-state index in [0.717, 1.165) is 51.0 Å². The van der Waals surface area contributed by atoms with E-state index in [-0.39, 0.29) is 5.78 Å². The van der Waals surface area contributed by atoms with Crippen molar-refractivity contribution in [1.82, 2.24) is 0 Å². The molecule has 0 aromatic heterocycles. The summed E-state index contributed by atoms with van der Waals surface area (Å²) in [4.78, 5) is 23.0. The molecule has 0 saturated heterocycles. The molecule has 5 heteroatoms. The fraction of sp³-hybridized carbons (Fsp3) is 0.778. The fourth-order valence-corrected chi connectivity index (χ4v) is 2.49. The first kappa shape index (κ1) is 21.6. The van der Waals surface area contributed by atoms with Gasteiger partial charge in [0.25, 0.3) is 0 Å². The lowest BCUT2D eigenvalue weighted by Gasteiger charge is -2.18. The van der Waals surface area contributed by atoms with Crippen molar-refractivity contribution >= 4 is 11.8 Å². The van der Waals surface area contributed by atoms with Crippen molar-refractivity contribution in [2.45, 2.75) is 84.2 Å². The van der Waals surface area contributed by atoms with Crippen molar-refractivity contribution < 1.29 is 24.9 Å². The Hall–Kier alpha value is -1.36. The predicted molar refractivity (Wildman–Crippen MR) is 90.4 cm³/mol. The third-order valence-electron chi connectivity index (χ3n) is 3.91. The largest absolute Gasteiger partial charge is 0.511 e. The van der Waals surface area contributed by atoms with Gasteiger partial charge in [-0.05, 0) is 12.8 Å². The number of hydrogen-bond acceptors (Lipinski definition) is 4. The molecule has 0 aliphatic heterocycles. The molecule has 0 radical (unpaired) electrons. The molecule has 0 aliphatic carbocycles. The van der Waals surface area contributed by atoms with Crippen molar-refractivity contribution in [2.75, 3.05) is 0 Å². The van der Waals surface area contributed by atoms with Gasteiger partial charge in [-0.3, -0.25) is 9.59 Å². The summed E-state index contributed by atoms with van der Waals surface area (Å²) in [5.74, 6) is -3.56. The summed E-state index contributed by atoms with van der Waals surface area (Å²) >= 11 is 0. The molecule has 0 bridgehead atoms. The number of hydrogen-bond donors (Lipinski definition) is 3. The van der Waals surface area contributed by atoms with E-state index in [9.17, 15) is 24.9 Å². The summed E-state index contributed by atoms with van der Waals surface area (Å²) in [6, 6.07) is 0. The number of unbranched alkanes of at least 4 members (excludes halogenated alkanes) is 6. The summed E-state index contributed by atoms with van der Waals surface area (Å²) in [5, 5.41) is 29.1. The first-order valence-electron chi connectivity index (χ1n) is 8.78. The molecule has 23 heavy (non-hydrogen) atoms. The van der Waals surface area contributed by atoms with Crippen LogP contribution in [0.1, 0.15) is 78.1 Å². The quantitative estimate of drug-likeness (QED) is 0.254. The average Bonchev–Trinajstić information content (AvgIpc) is 2.46. The second-order valence-corrected chi connectivity index (χ2v) is 6.08. The maximum Gasteiger partial charge on any atom is 0.316 e. The number of aliphatic hydroxyl groups is 2. The van der Waals surface area contributed by atoms with Crippen LogP contribution >= 0.6 is 0 Å². The van der Waals surface area contributed by atoms with Gasteiger partial charge in [0.2, 0.25) is 0 Å². The molecular formula is C18H32O5. The van der Waals surface area contributed by atoms with E-state index in [1.54, 1.807) is 0 Å². The second-order valence-electron chi connectivity index (χ2n) is 6.08. The highest BCUT2D eigenvalue weighted by atomic mass is 16.4. The molecular weight excluding hydrogens is 296 g/mol. The number of carboxylic acid groups (broad SMARTS) is 1. The molecule has 0 aromatic carbocycles. The van der Waals surface area contributed by atoms with Gasteiger partial charge < -0.3 is 15.3 Å². The number of carboxylic acids is 1. The molecule has 0 heterocycles. The molecule has 2 atom stereocenters. The molecule has 0 spiro atoms. The highest BCUT2D eigenvalue weighted by Gasteiger charge is 2.30. The van der Waals surface area contributed by atoms with E-state index in [2.05, 4.69) is 6.92 Å². The second kappa shape index (κ2) is 13.1. The van der Waals surface area contributed by atoms with Crippen LogP contribution in [0.4, 0.5) is 0 Å². The van der Waals surface area contributed by atoms with Gasteiger partial charge in [0.1, 0.15) is 11.7 Å². The summed E-state index contributed by atoms with van der Waals surface area (Å²) in [5.41, 5.74) is 0. The maximum absolute atomic E-state index is 11.8. The minimum absolute atomic E-state index is 0.286. The zero-order valence-corrected chi connectivity index (χ0v) is 14.5. The van der Waals surface area contributed by atoms with Crippen molar-refractivity contribution in [3.63, 3.8) is 0 Å². The molecule has 0 aliphatic rings. The molecule has 0 aromatic rings. The number of carbonyl (C=O) groups is 2. The summed E-state index contributed by atoms with van der Waals surface area (Å²) in [6.07, 6.45) is 7.98. The Morgan fingerprint density at radius 1 is 0.913 bits per heavy atom. The number of rotatable bonds is 14. The van der Waals surface area contributed by atoms with Gasteiger partial charge in [-0.25, -0.2) is 0 Å². The minimum atomic E-state index is -1.42. The highest BCUT2D eigenvalue weighted by molar-refractivity contribution is 5.91. The molecule has 134 valence electrons. The van der Waals surface area contributed by atoms with Crippen LogP contribution in [-0.2, 0) is 9.59 Å². The van der Waals surface area contributed by atoms with Gasteiger partial charge in [-0.1, -0.05) is 58.8 Å². The van der Waals surface area contributed by atoms with Gasteiger partial charge in [-0.2, -0.15) is 0 Å². The Morgan fingerprint density at radius 2 is 1.48 bits per heavy atom. The fourth-order valence-electron chi connectivity index (χ4n) is 2.49. The topological polar surface area (TPSA) is 94.8 Å². The summed E-state index contributed by atoms with van der Waals surface area (Å²) in [6.45, 7) is 4.13. The standard InChI is InChI=1S/C18H32O5/c1-3-5-7-8-10-11-14(19)13-16(21)17(18(22)23)15(20)12-9-6-4-2/h13,15,17,20-21H,3-12H2,1-2H3,(H,22,23). The zero-order valence-electron chi connectivity index (χ0n) is 14.5. The van der Waals surface area contributed by atoms with Crippen molar-refractivity contribution in [3.05, 3.63) is 11.8 Å². The van der Waals surface area contributed by atoms with Crippen LogP contribution in [0, 0.1) is 5.92 Å². The van der Waals surface area contributed by atoms with Gasteiger partial charge in [0.05, 0.1) is 6.10 Å². The van der Waals surface area contributed by atoms with E-state index >= 15 is 0 Å². The Kier molecular flexibility index (Phi) is 12.3. The van der Waals surface area contributed by atoms with Gasteiger partial charge in [0.15, 0.2) is 5.78 Å². The predicted octanol–water partition coefficient (Wildman–Crippen LogP) is 4.00. The van der Waals surface area contributed by atoms with Crippen molar-refractivity contribution in [1.29, 1.82) is 0 Å². The molecule has 0 saturated carbocycles. The number of carbonyl (C=O) groups excluding carboxylic acids is 1. The van der Waals surface area contributed by atoms with Gasteiger partial charge in [-0.15, -0.1) is 0 Å². The molecule has 3 N–H and O–H groups in total. The normalized spacial score (nSPS) is 14.5. The van der Waals surface area contributed by atoms with Crippen LogP contribution in [0.5, 0.6) is 0 Å². The lowest BCUT2D eigenvalue weighted by atomic mass is 9.94. The summed E-state index contributed by atoms with van der Waals surface area (Å²) < 4.78 is 0. The Morgan fingerprint density at radius 3 is 2.04 bits per heavy atom. The maximum atomic E-state index is 11.8. The van der Waals surface area contributed by atoms with E-state index in [4.69, 9.17) is 0 Å². The zero-order chi connectivity index (χ0) is 17.7. The Balaban J connectivity index is 4.48. The van der Waals surface area contributed by atoms with E-state index in [1.807, 2.05) is 6.92 Å².